The van der Waals surface area contributed by atoms with E-state index in [9.17, 15) is 14.9 Å². The summed E-state index contributed by atoms with van der Waals surface area (Å²) in [7, 11) is 1.40. The first-order valence-corrected chi connectivity index (χ1v) is 11.2. The van der Waals surface area contributed by atoms with Gasteiger partial charge in [0.1, 0.15) is 11.6 Å². The van der Waals surface area contributed by atoms with Crippen molar-refractivity contribution in [2.45, 2.75) is 0 Å². The normalized spacial score (nSPS) is 10.8. The summed E-state index contributed by atoms with van der Waals surface area (Å²) >= 11 is 18.2. The summed E-state index contributed by atoms with van der Waals surface area (Å²) in [5, 5.41) is 15.8. The van der Waals surface area contributed by atoms with E-state index in [-0.39, 0.29) is 28.7 Å². The highest BCUT2D eigenvalue weighted by molar-refractivity contribution is 6.34. The Hall–Kier alpha value is -3.70. The molecule has 0 bridgehead atoms. The first kappa shape index (κ1) is 25.9. The third-order valence-corrected chi connectivity index (χ3v) is 5.39. The molecule has 0 aliphatic carbocycles. The molecule has 0 fully saturated rings. The second kappa shape index (κ2) is 12.1. The predicted molar refractivity (Wildman–Crippen MR) is 137 cm³/mol. The number of rotatable bonds is 8. The van der Waals surface area contributed by atoms with Crippen LogP contribution in [-0.4, -0.2) is 25.5 Å². The van der Waals surface area contributed by atoms with E-state index in [1.807, 2.05) is 6.07 Å². The molecule has 0 aliphatic heterocycles. The van der Waals surface area contributed by atoms with Crippen molar-refractivity contribution in [3.8, 4) is 17.6 Å². The summed E-state index contributed by atoms with van der Waals surface area (Å²) in [6.07, 6.45) is 1.35. The maximum absolute atomic E-state index is 12.5. The van der Waals surface area contributed by atoms with Gasteiger partial charge in [0.15, 0.2) is 18.1 Å². The van der Waals surface area contributed by atoms with E-state index >= 15 is 0 Å². The highest BCUT2D eigenvalue weighted by Crippen LogP contribution is 2.37. The monoisotopic (exact) mass is 529 g/mol. The molecule has 0 radical (unpaired) electrons. The molecule has 3 aromatic carbocycles. The lowest BCUT2D eigenvalue weighted by Crippen LogP contribution is -2.20. The van der Waals surface area contributed by atoms with Crippen LogP contribution in [0.3, 0.4) is 0 Å². The number of amides is 2. The van der Waals surface area contributed by atoms with Crippen molar-refractivity contribution >= 4 is 64.1 Å². The fourth-order valence-corrected chi connectivity index (χ4v) is 3.48. The van der Waals surface area contributed by atoms with Gasteiger partial charge in [0.2, 0.25) is 0 Å². The molecule has 0 unspecified atom stereocenters. The third-order valence-electron chi connectivity index (χ3n) is 4.53. The Balaban J connectivity index is 1.74. The quantitative estimate of drug-likeness (QED) is 0.266. The molecule has 10 heteroatoms. The minimum Gasteiger partial charge on any atom is -0.493 e. The summed E-state index contributed by atoms with van der Waals surface area (Å²) in [5.41, 5.74) is 1.19. The number of nitrogens with one attached hydrogen (secondary N) is 2. The second-order valence-corrected chi connectivity index (χ2v) is 8.23. The molecule has 3 rings (SSSR count). The molecule has 178 valence electrons. The Labute approximate surface area is 216 Å². The lowest BCUT2D eigenvalue weighted by Gasteiger charge is -2.14. The van der Waals surface area contributed by atoms with E-state index in [1.54, 1.807) is 48.5 Å². The predicted octanol–water partition coefficient (Wildman–Crippen LogP) is 6.22. The van der Waals surface area contributed by atoms with E-state index in [1.165, 1.54) is 25.3 Å². The Bertz CT molecular complexity index is 1320. The molecule has 2 amide bonds. The maximum atomic E-state index is 12.5. The Kier molecular flexibility index (Phi) is 8.98. The van der Waals surface area contributed by atoms with Crippen molar-refractivity contribution in [3.63, 3.8) is 0 Å². The molecule has 2 N–H and O–H groups in total. The lowest BCUT2D eigenvalue weighted by atomic mass is 10.1. The number of hydrogen-bond acceptors (Lipinski definition) is 5. The summed E-state index contributed by atoms with van der Waals surface area (Å²) in [6.45, 7) is -0.358. The van der Waals surface area contributed by atoms with E-state index in [0.717, 1.165) is 0 Å². The molecule has 0 aromatic heterocycles. The average molecular weight is 531 g/mol. The number of halogens is 3. The van der Waals surface area contributed by atoms with Crippen molar-refractivity contribution in [2.24, 2.45) is 0 Å². The van der Waals surface area contributed by atoms with Crippen LogP contribution in [0.4, 0.5) is 11.4 Å². The fraction of sp³-hybridized carbons (Fsp3) is 0.0800. The summed E-state index contributed by atoms with van der Waals surface area (Å²) in [5.74, 6) is -0.721. The van der Waals surface area contributed by atoms with Crippen LogP contribution in [0.2, 0.25) is 15.1 Å². The van der Waals surface area contributed by atoms with Gasteiger partial charge in [-0.05, 0) is 60.2 Å². The Morgan fingerprint density at radius 1 is 1.00 bits per heavy atom. The standard InChI is InChI=1S/C25H18Cl3N3O4/c1-34-22-12-15(10-16(13-29)25(33)30-18-8-6-17(26)7-9-18)11-20(28)24(22)35-14-23(32)31-21-5-3-2-4-19(21)27/h2-12H,14H2,1H3,(H,30,33)(H,31,32)/b16-10-. The minimum atomic E-state index is -0.610. The van der Waals surface area contributed by atoms with Gasteiger partial charge in [-0.3, -0.25) is 9.59 Å². The molecule has 0 aliphatic rings. The number of ether oxygens (including phenoxy) is 2. The zero-order chi connectivity index (χ0) is 25.4. The second-order valence-electron chi connectivity index (χ2n) is 6.98. The first-order valence-electron chi connectivity index (χ1n) is 10.0. The van der Waals surface area contributed by atoms with Crippen LogP contribution in [-0.2, 0) is 9.59 Å². The van der Waals surface area contributed by atoms with Crippen LogP contribution < -0.4 is 20.1 Å². The number of carbonyl (C=O) groups is 2. The molecule has 0 saturated heterocycles. The minimum absolute atomic E-state index is 0.122. The average Bonchev–Trinajstić information content (AvgIpc) is 2.84. The molecule has 0 saturated carbocycles. The van der Waals surface area contributed by atoms with Crippen molar-refractivity contribution in [3.05, 3.63) is 86.9 Å². The van der Waals surface area contributed by atoms with Crippen LogP contribution in [0, 0.1) is 11.3 Å². The number of nitrogens with zero attached hydrogens (tertiary/aromatic N) is 1. The van der Waals surface area contributed by atoms with Gasteiger partial charge >= 0.3 is 0 Å². The summed E-state index contributed by atoms with van der Waals surface area (Å²) < 4.78 is 10.9. The highest BCUT2D eigenvalue weighted by atomic mass is 35.5. The van der Waals surface area contributed by atoms with Gasteiger partial charge < -0.3 is 20.1 Å². The van der Waals surface area contributed by atoms with Crippen LogP contribution in [0.15, 0.2) is 66.2 Å². The number of carbonyl (C=O) groups excluding carboxylic acids is 2. The SMILES string of the molecule is COc1cc(/C=C(/C#N)C(=O)Nc2ccc(Cl)cc2)cc(Cl)c1OCC(=O)Nc1ccccc1Cl. The number of benzene rings is 3. The van der Waals surface area contributed by atoms with Gasteiger partial charge in [0.25, 0.3) is 11.8 Å². The third kappa shape index (κ3) is 7.14. The van der Waals surface area contributed by atoms with Crippen molar-refractivity contribution in [1.82, 2.24) is 0 Å². The van der Waals surface area contributed by atoms with Gasteiger partial charge in [0.05, 0.1) is 22.8 Å². The molecular weight excluding hydrogens is 513 g/mol. The van der Waals surface area contributed by atoms with Gasteiger partial charge in [0, 0.05) is 10.7 Å². The molecule has 0 heterocycles. The van der Waals surface area contributed by atoms with Crippen molar-refractivity contribution in [2.75, 3.05) is 24.4 Å². The van der Waals surface area contributed by atoms with E-state index in [4.69, 9.17) is 44.3 Å². The molecule has 3 aromatic rings. The topological polar surface area (TPSA) is 100 Å². The van der Waals surface area contributed by atoms with Crippen LogP contribution in [0.5, 0.6) is 11.5 Å². The Morgan fingerprint density at radius 2 is 1.71 bits per heavy atom. The number of nitriles is 1. The van der Waals surface area contributed by atoms with Gasteiger partial charge in [-0.15, -0.1) is 0 Å². The van der Waals surface area contributed by atoms with Gasteiger partial charge in [-0.2, -0.15) is 5.26 Å². The van der Waals surface area contributed by atoms with E-state index < -0.39 is 11.8 Å². The maximum Gasteiger partial charge on any atom is 0.266 e. The largest absolute Gasteiger partial charge is 0.493 e. The van der Waals surface area contributed by atoms with Crippen molar-refractivity contribution in [1.29, 1.82) is 5.26 Å². The summed E-state index contributed by atoms with van der Waals surface area (Å²) in [6, 6.07) is 18.1. The number of hydrogen-bond donors (Lipinski definition) is 2. The van der Waals surface area contributed by atoms with Crippen LogP contribution in [0.25, 0.3) is 6.08 Å². The van der Waals surface area contributed by atoms with Gasteiger partial charge in [-0.1, -0.05) is 46.9 Å². The molecular formula is C25H18Cl3N3O4. The lowest BCUT2D eigenvalue weighted by molar-refractivity contribution is -0.118. The number of methoxy groups -OCH3 is 1. The number of anilines is 2. The summed E-state index contributed by atoms with van der Waals surface area (Å²) in [4.78, 5) is 24.8. The number of para-hydroxylation sites is 1. The molecule has 0 atom stereocenters. The van der Waals surface area contributed by atoms with E-state index in [2.05, 4.69) is 10.6 Å². The molecule has 0 spiro atoms. The van der Waals surface area contributed by atoms with Crippen LogP contribution >= 0.6 is 34.8 Å². The highest BCUT2D eigenvalue weighted by Gasteiger charge is 2.16. The Morgan fingerprint density at radius 3 is 2.37 bits per heavy atom. The van der Waals surface area contributed by atoms with E-state index in [0.29, 0.717) is 27.0 Å². The molecule has 35 heavy (non-hydrogen) atoms. The zero-order valence-electron chi connectivity index (χ0n) is 18.3. The smallest absolute Gasteiger partial charge is 0.266 e. The van der Waals surface area contributed by atoms with Crippen LogP contribution in [0.1, 0.15) is 5.56 Å². The molecule has 7 nitrogen and oxygen atoms in total. The van der Waals surface area contributed by atoms with Gasteiger partial charge in [-0.25, -0.2) is 0 Å². The first-order chi connectivity index (χ1) is 16.8. The fourth-order valence-electron chi connectivity index (χ4n) is 2.90. The van der Waals surface area contributed by atoms with Crippen molar-refractivity contribution < 1.29 is 19.1 Å². The zero-order valence-corrected chi connectivity index (χ0v) is 20.5.